The summed E-state index contributed by atoms with van der Waals surface area (Å²) in [5, 5.41) is 18.4. The van der Waals surface area contributed by atoms with Crippen LogP contribution in [0, 0.1) is 11.3 Å². The summed E-state index contributed by atoms with van der Waals surface area (Å²) in [6.07, 6.45) is 7.71. The molecule has 0 unspecified atom stereocenters. The summed E-state index contributed by atoms with van der Waals surface area (Å²) in [5.74, 6) is -1.96. The molecule has 0 aromatic rings. The molecule has 1 aliphatic rings. The molecule has 4 heteroatoms. The molecule has 1 rings (SSSR count). The van der Waals surface area contributed by atoms with E-state index < -0.39 is 17.4 Å². The summed E-state index contributed by atoms with van der Waals surface area (Å²) in [5.41, 5.74) is -0.415. The SMILES string of the molecule is CCC(CC)(/C(=C/C(=O)O)C(=O)O)C1CCCCC1. The first-order valence-corrected chi connectivity index (χ1v) is 7.16. The molecule has 0 atom stereocenters. The summed E-state index contributed by atoms with van der Waals surface area (Å²) < 4.78 is 0. The van der Waals surface area contributed by atoms with Crippen molar-refractivity contribution in [2.75, 3.05) is 0 Å². The highest BCUT2D eigenvalue weighted by Crippen LogP contribution is 2.48. The van der Waals surface area contributed by atoms with Crippen molar-refractivity contribution in [2.45, 2.75) is 58.8 Å². The molecule has 0 saturated heterocycles. The predicted molar refractivity (Wildman–Crippen MR) is 72.9 cm³/mol. The van der Waals surface area contributed by atoms with Gasteiger partial charge in [0.25, 0.3) is 0 Å². The Labute approximate surface area is 114 Å². The first-order valence-electron chi connectivity index (χ1n) is 7.16. The van der Waals surface area contributed by atoms with Crippen molar-refractivity contribution in [1.82, 2.24) is 0 Å². The van der Waals surface area contributed by atoms with E-state index in [0.29, 0.717) is 12.8 Å². The topological polar surface area (TPSA) is 74.6 Å². The third kappa shape index (κ3) is 3.37. The number of rotatable bonds is 6. The van der Waals surface area contributed by atoms with E-state index in [4.69, 9.17) is 5.11 Å². The van der Waals surface area contributed by atoms with Crippen LogP contribution in [0.25, 0.3) is 0 Å². The lowest BCUT2D eigenvalue weighted by molar-refractivity contribution is -0.137. The minimum Gasteiger partial charge on any atom is -0.478 e. The lowest BCUT2D eigenvalue weighted by atomic mass is 9.61. The number of carboxylic acids is 2. The van der Waals surface area contributed by atoms with E-state index >= 15 is 0 Å². The largest absolute Gasteiger partial charge is 0.478 e. The van der Waals surface area contributed by atoms with Gasteiger partial charge < -0.3 is 10.2 Å². The van der Waals surface area contributed by atoms with Crippen molar-refractivity contribution < 1.29 is 19.8 Å². The van der Waals surface area contributed by atoms with E-state index in [-0.39, 0.29) is 11.5 Å². The molecule has 1 aliphatic carbocycles. The van der Waals surface area contributed by atoms with E-state index in [2.05, 4.69) is 0 Å². The average molecular weight is 268 g/mol. The zero-order valence-corrected chi connectivity index (χ0v) is 11.8. The second-order valence-electron chi connectivity index (χ2n) is 5.40. The molecule has 0 aliphatic heterocycles. The Kier molecular flexibility index (Phi) is 5.58. The van der Waals surface area contributed by atoms with Crippen molar-refractivity contribution in [2.24, 2.45) is 11.3 Å². The third-order valence-electron chi connectivity index (χ3n) is 4.68. The molecule has 0 bridgehead atoms. The van der Waals surface area contributed by atoms with Gasteiger partial charge in [0.15, 0.2) is 0 Å². The highest BCUT2D eigenvalue weighted by molar-refractivity contribution is 5.95. The van der Waals surface area contributed by atoms with Crippen LogP contribution in [0.15, 0.2) is 11.6 Å². The lowest BCUT2D eigenvalue weighted by Gasteiger charge is -2.42. The normalized spacial score (nSPS) is 18.3. The fraction of sp³-hybridized carbons (Fsp3) is 0.733. The standard InChI is InChI=1S/C15H24O4/c1-3-15(4-2,11-8-6-5-7-9-11)12(14(18)19)10-13(16)17/h10-11H,3-9H2,1-2H3,(H,16,17)(H,18,19)/b12-10+. The quantitative estimate of drug-likeness (QED) is 0.723. The van der Waals surface area contributed by atoms with Crippen LogP contribution >= 0.6 is 0 Å². The molecule has 2 N–H and O–H groups in total. The number of hydrogen-bond acceptors (Lipinski definition) is 2. The van der Waals surface area contributed by atoms with Crippen LogP contribution in [0.2, 0.25) is 0 Å². The zero-order chi connectivity index (χ0) is 14.5. The third-order valence-corrected chi connectivity index (χ3v) is 4.68. The van der Waals surface area contributed by atoms with Crippen LogP contribution in [0.4, 0.5) is 0 Å². The zero-order valence-electron chi connectivity index (χ0n) is 11.8. The molecular weight excluding hydrogens is 244 g/mol. The molecule has 19 heavy (non-hydrogen) atoms. The van der Waals surface area contributed by atoms with E-state index in [9.17, 15) is 14.7 Å². The average Bonchev–Trinajstić information content (AvgIpc) is 2.40. The van der Waals surface area contributed by atoms with Gasteiger partial charge in [-0.1, -0.05) is 33.1 Å². The maximum Gasteiger partial charge on any atom is 0.332 e. The van der Waals surface area contributed by atoms with Crippen molar-refractivity contribution in [1.29, 1.82) is 0 Å². The minimum atomic E-state index is -1.17. The molecule has 108 valence electrons. The van der Waals surface area contributed by atoms with Crippen LogP contribution in [-0.2, 0) is 9.59 Å². The maximum absolute atomic E-state index is 11.5. The Hall–Kier alpha value is -1.32. The summed E-state index contributed by atoms with van der Waals surface area (Å²) in [4.78, 5) is 22.4. The number of aliphatic carboxylic acids is 2. The fourth-order valence-corrected chi connectivity index (χ4v) is 3.63. The van der Waals surface area contributed by atoms with Gasteiger partial charge >= 0.3 is 11.9 Å². The van der Waals surface area contributed by atoms with Crippen LogP contribution in [0.5, 0.6) is 0 Å². The predicted octanol–water partition coefficient (Wildman–Crippen LogP) is 3.47. The Morgan fingerprint density at radius 2 is 1.63 bits per heavy atom. The molecule has 0 heterocycles. The first kappa shape index (κ1) is 15.7. The molecule has 4 nitrogen and oxygen atoms in total. The van der Waals surface area contributed by atoms with E-state index in [1.807, 2.05) is 13.8 Å². The van der Waals surface area contributed by atoms with Gasteiger partial charge in [0.2, 0.25) is 0 Å². The number of hydrogen-bond donors (Lipinski definition) is 2. The number of carboxylic acid groups (broad SMARTS) is 2. The second kappa shape index (κ2) is 6.73. The summed E-state index contributed by atoms with van der Waals surface area (Å²) in [6.45, 7) is 3.94. The van der Waals surface area contributed by atoms with Crippen molar-refractivity contribution in [3.05, 3.63) is 11.6 Å². The molecule has 0 aromatic heterocycles. The Morgan fingerprint density at radius 3 is 2.00 bits per heavy atom. The highest BCUT2D eigenvalue weighted by Gasteiger charge is 2.42. The van der Waals surface area contributed by atoms with E-state index in [0.717, 1.165) is 31.8 Å². The monoisotopic (exact) mass is 268 g/mol. The van der Waals surface area contributed by atoms with E-state index in [1.54, 1.807) is 0 Å². The van der Waals surface area contributed by atoms with Gasteiger partial charge in [-0.3, -0.25) is 0 Å². The molecule has 0 radical (unpaired) electrons. The molecule has 1 fully saturated rings. The van der Waals surface area contributed by atoms with Crippen LogP contribution in [0.3, 0.4) is 0 Å². The van der Waals surface area contributed by atoms with E-state index in [1.165, 1.54) is 6.42 Å². The molecule has 0 spiro atoms. The van der Waals surface area contributed by atoms with Gasteiger partial charge in [-0.05, 0) is 31.6 Å². The first-order chi connectivity index (χ1) is 8.97. The smallest absolute Gasteiger partial charge is 0.332 e. The Balaban J connectivity index is 3.20. The fourth-order valence-electron chi connectivity index (χ4n) is 3.63. The molecule has 0 amide bonds. The van der Waals surface area contributed by atoms with Gasteiger partial charge in [-0.25, -0.2) is 9.59 Å². The maximum atomic E-state index is 11.5. The van der Waals surface area contributed by atoms with Crippen molar-refractivity contribution >= 4 is 11.9 Å². The lowest BCUT2D eigenvalue weighted by Crippen LogP contribution is -2.36. The molecule has 1 saturated carbocycles. The van der Waals surface area contributed by atoms with Gasteiger partial charge in [-0.2, -0.15) is 0 Å². The van der Waals surface area contributed by atoms with Crippen molar-refractivity contribution in [3.8, 4) is 0 Å². The van der Waals surface area contributed by atoms with Gasteiger partial charge in [0, 0.05) is 11.5 Å². The number of carbonyl (C=O) groups is 2. The minimum absolute atomic E-state index is 0.0805. The highest BCUT2D eigenvalue weighted by atomic mass is 16.4. The Morgan fingerprint density at radius 1 is 1.11 bits per heavy atom. The summed E-state index contributed by atoms with van der Waals surface area (Å²) in [6, 6.07) is 0. The van der Waals surface area contributed by atoms with Gasteiger partial charge in [0.1, 0.15) is 0 Å². The summed E-state index contributed by atoms with van der Waals surface area (Å²) >= 11 is 0. The van der Waals surface area contributed by atoms with Crippen molar-refractivity contribution in [3.63, 3.8) is 0 Å². The second-order valence-corrected chi connectivity index (χ2v) is 5.40. The summed E-state index contributed by atoms with van der Waals surface area (Å²) in [7, 11) is 0. The van der Waals surface area contributed by atoms with Crippen LogP contribution in [0.1, 0.15) is 58.8 Å². The molecule has 0 aromatic carbocycles. The molecular formula is C15H24O4. The Bertz CT molecular complexity index is 360. The van der Waals surface area contributed by atoms with Crippen LogP contribution in [-0.4, -0.2) is 22.2 Å². The van der Waals surface area contributed by atoms with Gasteiger partial charge in [0.05, 0.1) is 5.57 Å². The van der Waals surface area contributed by atoms with Gasteiger partial charge in [-0.15, -0.1) is 0 Å². The van der Waals surface area contributed by atoms with Crippen LogP contribution < -0.4 is 0 Å².